The second-order valence-corrected chi connectivity index (χ2v) is 5.96. The van der Waals surface area contributed by atoms with Crippen LogP contribution in [0.5, 0.6) is 0 Å². The molecule has 0 aromatic heterocycles. The normalized spacial score (nSPS) is 29.3. The summed E-state index contributed by atoms with van der Waals surface area (Å²) in [4.78, 5) is 1.34. The molecule has 1 nitrogen and oxygen atoms in total. The van der Waals surface area contributed by atoms with E-state index >= 15 is 0 Å². The first-order valence-corrected chi connectivity index (χ1v) is 6.35. The SMILES string of the molecule is C[C@@H]1C[C@@H](Sc2ccccc2)C(C)(C)O1. The predicted molar refractivity (Wildman–Crippen MR) is 65.3 cm³/mol. The molecule has 1 fully saturated rings. The average molecular weight is 222 g/mol. The van der Waals surface area contributed by atoms with E-state index in [2.05, 4.69) is 51.1 Å². The van der Waals surface area contributed by atoms with Gasteiger partial charge >= 0.3 is 0 Å². The number of ether oxygens (including phenoxy) is 1. The van der Waals surface area contributed by atoms with Crippen LogP contribution < -0.4 is 0 Å². The molecule has 15 heavy (non-hydrogen) atoms. The molecule has 0 unspecified atom stereocenters. The van der Waals surface area contributed by atoms with Crippen LogP contribution in [0.3, 0.4) is 0 Å². The van der Waals surface area contributed by atoms with Gasteiger partial charge in [0.2, 0.25) is 0 Å². The minimum absolute atomic E-state index is 0.0000746. The van der Waals surface area contributed by atoms with Crippen molar-refractivity contribution in [3.63, 3.8) is 0 Å². The summed E-state index contributed by atoms with van der Waals surface area (Å²) < 4.78 is 5.91. The van der Waals surface area contributed by atoms with Crippen molar-refractivity contribution in [3.8, 4) is 0 Å². The van der Waals surface area contributed by atoms with Crippen molar-refractivity contribution in [1.82, 2.24) is 0 Å². The fourth-order valence-electron chi connectivity index (χ4n) is 2.08. The van der Waals surface area contributed by atoms with Gasteiger partial charge in [-0.05, 0) is 39.3 Å². The summed E-state index contributed by atoms with van der Waals surface area (Å²) in [7, 11) is 0. The van der Waals surface area contributed by atoms with Crippen LogP contribution in [-0.2, 0) is 4.74 Å². The van der Waals surface area contributed by atoms with Crippen LogP contribution >= 0.6 is 11.8 Å². The summed E-state index contributed by atoms with van der Waals surface area (Å²) in [6.45, 7) is 6.54. The molecule has 0 spiro atoms. The van der Waals surface area contributed by atoms with Crippen LogP contribution in [-0.4, -0.2) is 17.0 Å². The Morgan fingerprint density at radius 3 is 2.47 bits per heavy atom. The van der Waals surface area contributed by atoms with Crippen LogP contribution in [0.25, 0.3) is 0 Å². The zero-order chi connectivity index (χ0) is 10.9. The van der Waals surface area contributed by atoms with E-state index in [0.717, 1.165) is 6.42 Å². The molecule has 2 atom stereocenters. The van der Waals surface area contributed by atoms with Gasteiger partial charge in [-0.1, -0.05) is 18.2 Å². The number of benzene rings is 1. The van der Waals surface area contributed by atoms with Gasteiger partial charge in [0.1, 0.15) is 0 Å². The van der Waals surface area contributed by atoms with Crippen LogP contribution in [0.2, 0.25) is 0 Å². The molecule has 2 rings (SSSR count). The molecule has 0 bridgehead atoms. The van der Waals surface area contributed by atoms with E-state index in [1.54, 1.807) is 0 Å². The molecule has 0 N–H and O–H groups in total. The maximum absolute atomic E-state index is 5.91. The molecule has 0 saturated carbocycles. The van der Waals surface area contributed by atoms with Crippen LogP contribution in [0, 0.1) is 0 Å². The number of hydrogen-bond acceptors (Lipinski definition) is 2. The van der Waals surface area contributed by atoms with Gasteiger partial charge in [0.05, 0.1) is 11.7 Å². The number of thioether (sulfide) groups is 1. The van der Waals surface area contributed by atoms with Gasteiger partial charge < -0.3 is 4.74 Å². The lowest BCUT2D eigenvalue weighted by Crippen LogP contribution is -2.29. The monoisotopic (exact) mass is 222 g/mol. The van der Waals surface area contributed by atoms with E-state index < -0.39 is 0 Å². The second-order valence-electron chi connectivity index (χ2n) is 4.69. The number of rotatable bonds is 2. The smallest absolute Gasteiger partial charge is 0.0752 e. The molecule has 0 aliphatic carbocycles. The van der Waals surface area contributed by atoms with Crippen molar-refractivity contribution in [2.45, 2.75) is 49.0 Å². The summed E-state index contributed by atoms with van der Waals surface area (Å²) in [6, 6.07) is 10.6. The number of hydrogen-bond donors (Lipinski definition) is 0. The molecule has 1 heterocycles. The Kier molecular flexibility index (Phi) is 3.08. The highest BCUT2D eigenvalue weighted by Gasteiger charge is 2.40. The van der Waals surface area contributed by atoms with E-state index in [4.69, 9.17) is 4.74 Å². The molecular weight excluding hydrogens is 204 g/mol. The zero-order valence-corrected chi connectivity index (χ0v) is 10.4. The van der Waals surface area contributed by atoms with Gasteiger partial charge in [-0.3, -0.25) is 0 Å². The Labute approximate surface area is 96.2 Å². The van der Waals surface area contributed by atoms with Crippen molar-refractivity contribution in [2.24, 2.45) is 0 Å². The van der Waals surface area contributed by atoms with Gasteiger partial charge in [0.25, 0.3) is 0 Å². The highest BCUT2D eigenvalue weighted by Crippen LogP contribution is 2.41. The fourth-order valence-corrected chi connectivity index (χ4v) is 3.43. The van der Waals surface area contributed by atoms with Crippen molar-refractivity contribution in [2.75, 3.05) is 0 Å². The first-order valence-electron chi connectivity index (χ1n) is 5.47. The molecule has 0 radical (unpaired) electrons. The van der Waals surface area contributed by atoms with Crippen molar-refractivity contribution >= 4 is 11.8 Å². The van der Waals surface area contributed by atoms with Gasteiger partial charge in [0, 0.05) is 10.1 Å². The summed E-state index contributed by atoms with van der Waals surface area (Å²) in [5, 5.41) is 0.565. The Balaban J connectivity index is 2.07. The summed E-state index contributed by atoms with van der Waals surface area (Å²) in [6.07, 6.45) is 1.54. The fraction of sp³-hybridized carbons (Fsp3) is 0.538. The summed E-state index contributed by atoms with van der Waals surface area (Å²) in [5.41, 5.74) is -0.0000746. The first-order chi connectivity index (χ1) is 7.08. The minimum Gasteiger partial charge on any atom is -0.371 e. The lowest BCUT2D eigenvalue weighted by molar-refractivity contribution is -0.00478. The van der Waals surface area contributed by atoms with Crippen LogP contribution in [0.4, 0.5) is 0 Å². The van der Waals surface area contributed by atoms with Crippen molar-refractivity contribution in [1.29, 1.82) is 0 Å². The Hall–Kier alpha value is -0.470. The lowest BCUT2D eigenvalue weighted by Gasteiger charge is -2.25. The molecule has 1 saturated heterocycles. The lowest BCUT2D eigenvalue weighted by atomic mass is 10.0. The van der Waals surface area contributed by atoms with E-state index in [1.807, 2.05) is 11.8 Å². The highest BCUT2D eigenvalue weighted by molar-refractivity contribution is 8.00. The predicted octanol–water partition coefficient (Wildman–Crippen LogP) is 3.73. The molecule has 1 aliphatic rings. The van der Waals surface area contributed by atoms with Gasteiger partial charge in [-0.25, -0.2) is 0 Å². The maximum Gasteiger partial charge on any atom is 0.0752 e. The first kappa shape index (κ1) is 11.0. The average Bonchev–Trinajstić information content (AvgIpc) is 2.41. The highest BCUT2D eigenvalue weighted by atomic mass is 32.2. The zero-order valence-electron chi connectivity index (χ0n) is 9.57. The second kappa shape index (κ2) is 4.18. The summed E-state index contributed by atoms with van der Waals surface area (Å²) in [5.74, 6) is 0. The molecule has 2 heteroatoms. The van der Waals surface area contributed by atoms with E-state index in [0.29, 0.717) is 11.4 Å². The van der Waals surface area contributed by atoms with Gasteiger partial charge in [0.15, 0.2) is 0 Å². The third kappa shape index (κ3) is 2.56. The van der Waals surface area contributed by atoms with E-state index in [1.165, 1.54) is 4.90 Å². The van der Waals surface area contributed by atoms with Gasteiger partial charge in [-0.2, -0.15) is 0 Å². The molecule has 82 valence electrons. The maximum atomic E-state index is 5.91. The molecule has 1 aromatic rings. The van der Waals surface area contributed by atoms with Crippen LogP contribution in [0.1, 0.15) is 27.2 Å². The minimum atomic E-state index is -0.0000746. The van der Waals surface area contributed by atoms with Crippen LogP contribution in [0.15, 0.2) is 35.2 Å². The topological polar surface area (TPSA) is 9.23 Å². The van der Waals surface area contributed by atoms with E-state index in [-0.39, 0.29) is 5.60 Å². The van der Waals surface area contributed by atoms with E-state index in [9.17, 15) is 0 Å². The molecule has 0 amide bonds. The molecule has 1 aromatic carbocycles. The standard InChI is InChI=1S/C13H18OS/c1-10-9-12(13(2,3)14-10)15-11-7-5-4-6-8-11/h4-8,10,12H,9H2,1-3H3/t10-,12-/m1/s1. The third-order valence-corrected chi connectivity index (χ3v) is 4.44. The van der Waals surface area contributed by atoms with Crippen molar-refractivity contribution < 1.29 is 4.74 Å². The third-order valence-electron chi connectivity index (χ3n) is 2.85. The Morgan fingerprint density at radius 2 is 1.93 bits per heavy atom. The Bertz CT molecular complexity index is 321. The largest absolute Gasteiger partial charge is 0.371 e. The summed E-state index contributed by atoms with van der Waals surface area (Å²) >= 11 is 1.94. The quantitative estimate of drug-likeness (QED) is 0.754. The molecular formula is C13H18OS. The molecule has 1 aliphatic heterocycles. The van der Waals surface area contributed by atoms with Crippen molar-refractivity contribution in [3.05, 3.63) is 30.3 Å². The van der Waals surface area contributed by atoms with Gasteiger partial charge in [-0.15, -0.1) is 11.8 Å². The Morgan fingerprint density at radius 1 is 1.27 bits per heavy atom.